The van der Waals surface area contributed by atoms with Crippen LogP contribution in [0.25, 0.3) is 0 Å². The summed E-state index contributed by atoms with van der Waals surface area (Å²) in [6, 6.07) is 1.17. The van der Waals surface area contributed by atoms with Crippen molar-refractivity contribution in [3.8, 4) is 0 Å². The summed E-state index contributed by atoms with van der Waals surface area (Å²) in [4.78, 5) is 0. The quantitative estimate of drug-likeness (QED) is 0.453. The van der Waals surface area contributed by atoms with Crippen molar-refractivity contribution in [2.75, 3.05) is 26.9 Å². The van der Waals surface area contributed by atoms with Crippen molar-refractivity contribution in [1.29, 1.82) is 0 Å². The van der Waals surface area contributed by atoms with Crippen LogP contribution in [-0.4, -0.2) is 41.4 Å². The Balaban J connectivity index is 3.37. The summed E-state index contributed by atoms with van der Waals surface area (Å²) in [5.41, 5.74) is 0. The molecule has 0 aromatic heterocycles. The Labute approximate surface area is 95.2 Å². The predicted molar refractivity (Wildman–Crippen MR) is 65.8 cm³/mol. The monoisotopic (exact) mass is 234 g/mol. The van der Waals surface area contributed by atoms with Gasteiger partial charge >= 0.3 is 0 Å². The van der Waals surface area contributed by atoms with Gasteiger partial charge in [-0.3, -0.25) is 0 Å². The minimum Gasteiger partial charge on any atom is -0.418 e. The molecule has 0 amide bonds. The van der Waals surface area contributed by atoms with Crippen LogP contribution in [0.2, 0.25) is 19.1 Å². The molecular weight excluding hydrogens is 208 g/mol. The third kappa shape index (κ3) is 9.05. The molecule has 0 aliphatic heterocycles. The van der Waals surface area contributed by atoms with Crippen molar-refractivity contribution in [1.82, 2.24) is 0 Å². The van der Waals surface area contributed by atoms with Crippen molar-refractivity contribution in [3.05, 3.63) is 0 Å². The maximum atomic E-state index is 5.74. The number of hydrogen-bond donors (Lipinski definition) is 0. The Morgan fingerprint density at radius 2 is 1.93 bits per heavy atom. The van der Waals surface area contributed by atoms with Gasteiger partial charge in [-0.1, -0.05) is 0 Å². The molecule has 0 N–H and O–H groups in total. The van der Waals surface area contributed by atoms with Gasteiger partial charge < -0.3 is 13.9 Å². The molecule has 0 aliphatic carbocycles. The summed E-state index contributed by atoms with van der Waals surface area (Å²) in [6.07, 6.45) is 1.29. The van der Waals surface area contributed by atoms with Crippen LogP contribution in [0, 0.1) is 0 Å². The van der Waals surface area contributed by atoms with Gasteiger partial charge in [0.1, 0.15) is 0 Å². The second-order valence-corrected chi connectivity index (χ2v) is 8.73. The Kier molecular flexibility index (Phi) is 8.33. The van der Waals surface area contributed by atoms with E-state index < -0.39 is 8.32 Å². The summed E-state index contributed by atoms with van der Waals surface area (Å²) in [5, 5.41) is 0. The molecule has 4 heteroatoms. The van der Waals surface area contributed by atoms with Crippen LogP contribution < -0.4 is 0 Å². The highest BCUT2D eigenvalue weighted by molar-refractivity contribution is 6.71. The van der Waals surface area contributed by atoms with Crippen molar-refractivity contribution >= 4 is 8.32 Å². The summed E-state index contributed by atoms with van der Waals surface area (Å²) in [7, 11) is 0.307. The van der Waals surface area contributed by atoms with Crippen LogP contribution in [0.15, 0.2) is 0 Å². The van der Waals surface area contributed by atoms with E-state index in [0.717, 1.165) is 19.6 Å². The van der Waals surface area contributed by atoms with Crippen molar-refractivity contribution in [3.63, 3.8) is 0 Å². The summed E-state index contributed by atoms with van der Waals surface area (Å²) >= 11 is 0. The maximum Gasteiger partial charge on any atom is 0.186 e. The zero-order valence-electron chi connectivity index (χ0n) is 10.8. The number of methoxy groups -OCH3 is 1. The van der Waals surface area contributed by atoms with E-state index in [0.29, 0.717) is 6.61 Å². The number of hydrogen-bond acceptors (Lipinski definition) is 3. The largest absolute Gasteiger partial charge is 0.418 e. The van der Waals surface area contributed by atoms with E-state index in [1.165, 1.54) is 6.04 Å². The molecule has 0 aromatic carbocycles. The Morgan fingerprint density at radius 3 is 2.47 bits per heavy atom. The first kappa shape index (κ1) is 15.1. The lowest BCUT2D eigenvalue weighted by Gasteiger charge is -2.21. The Bertz CT molecular complexity index is 151. The lowest BCUT2D eigenvalue weighted by molar-refractivity contribution is 0.0186. The van der Waals surface area contributed by atoms with E-state index in [1.54, 1.807) is 7.11 Å². The van der Waals surface area contributed by atoms with Crippen LogP contribution in [-0.2, 0) is 13.9 Å². The fourth-order valence-electron chi connectivity index (χ4n) is 1.38. The van der Waals surface area contributed by atoms with Crippen LogP contribution in [0.1, 0.15) is 20.3 Å². The average Bonchev–Trinajstić information content (AvgIpc) is 2.16. The highest BCUT2D eigenvalue weighted by Crippen LogP contribution is 2.13. The molecule has 0 fully saturated rings. The van der Waals surface area contributed by atoms with E-state index in [2.05, 4.69) is 20.0 Å². The Morgan fingerprint density at radius 1 is 1.27 bits per heavy atom. The topological polar surface area (TPSA) is 27.7 Å². The standard InChI is InChI=1S/C11H26O3Si/c1-6-14-15(4,5)9-7-8-13-10-11(2)12-3/h11H,6-10H2,1-5H3. The minimum absolute atomic E-state index is 0.196. The fraction of sp³-hybridized carbons (Fsp3) is 1.00. The van der Waals surface area contributed by atoms with Crippen molar-refractivity contribution < 1.29 is 13.9 Å². The smallest absolute Gasteiger partial charge is 0.186 e. The molecular formula is C11H26O3Si. The summed E-state index contributed by atoms with van der Waals surface area (Å²) in [6.45, 7) is 10.9. The van der Waals surface area contributed by atoms with E-state index in [9.17, 15) is 0 Å². The van der Waals surface area contributed by atoms with Gasteiger partial charge in [0.15, 0.2) is 8.32 Å². The molecule has 1 unspecified atom stereocenters. The zero-order chi connectivity index (χ0) is 11.7. The van der Waals surface area contributed by atoms with Gasteiger partial charge in [-0.25, -0.2) is 0 Å². The first-order valence-corrected chi connectivity index (χ1v) is 8.88. The highest BCUT2D eigenvalue weighted by Gasteiger charge is 2.20. The first-order chi connectivity index (χ1) is 7.02. The minimum atomic E-state index is -1.40. The van der Waals surface area contributed by atoms with Gasteiger partial charge in [0, 0.05) is 20.3 Å². The summed E-state index contributed by atoms with van der Waals surface area (Å²) < 4.78 is 16.3. The van der Waals surface area contributed by atoms with Crippen molar-refractivity contribution in [2.45, 2.75) is 45.5 Å². The van der Waals surface area contributed by atoms with Crippen molar-refractivity contribution in [2.24, 2.45) is 0 Å². The van der Waals surface area contributed by atoms with E-state index >= 15 is 0 Å². The number of ether oxygens (including phenoxy) is 2. The fourth-order valence-corrected chi connectivity index (χ4v) is 3.30. The second-order valence-electron chi connectivity index (χ2n) is 4.42. The Hall–Kier alpha value is 0.0969. The molecule has 0 heterocycles. The van der Waals surface area contributed by atoms with Gasteiger partial charge in [0.05, 0.1) is 12.7 Å². The average molecular weight is 234 g/mol. The molecule has 0 spiro atoms. The van der Waals surface area contributed by atoms with Crippen LogP contribution >= 0.6 is 0 Å². The lowest BCUT2D eigenvalue weighted by Crippen LogP contribution is -2.30. The molecule has 0 saturated carbocycles. The molecule has 0 aromatic rings. The van der Waals surface area contributed by atoms with Crippen LogP contribution in [0.3, 0.4) is 0 Å². The number of rotatable bonds is 9. The van der Waals surface area contributed by atoms with Gasteiger partial charge in [-0.05, 0) is 39.4 Å². The molecule has 1 atom stereocenters. The lowest BCUT2D eigenvalue weighted by atomic mass is 10.4. The predicted octanol–water partition coefficient (Wildman–Crippen LogP) is 2.67. The molecule has 0 saturated heterocycles. The zero-order valence-corrected chi connectivity index (χ0v) is 11.8. The van der Waals surface area contributed by atoms with Crippen LogP contribution in [0.5, 0.6) is 0 Å². The molecule has 0 radical (unpaired) electrons. The van der Waals surface area contributed by atoms with E-state index in [-0.39, 0.29) is 6.10 Å². The third-order valence-corrected chi connectivity index (χ3v) is 4.99. The first-order valence-electron chi connectivity index (χ1n) is 5.76. The molecule has 92 valence electrons. The van der Waals surface area contributed by atoms with E-state index in [4.69, 9.17) is 13.9 Å². The van der Waals surface area contributed by atoms with Gasteiger partial charge in [0.25, 0.3) is 0 Å². The molecule has 3 nitrogen and oxygen atoms in total. The third-order valence-electron chi connectivity index (χ3n) is 2.36. The highest BCUT2D eigenvalue weighted by atomic mass is 28.4. The molecule has 0 bridgehead atoms. The molecule has 0 rings (SSSR count). The normalized spacial score (nSPS) is 14.2. The van der Waals surface area contributed by atoms with E-state index in [1.807, 2.05) is 6.92 Å². The van der Waals surface area contributed by atoms with Gasteiger partial charge in [-0.2, -0.15) is 0 Å². The maximum absolute atomic E-state index is 5.74. The van der Waals surface area contributed by atoms with Gasteiger partial charge in [-0.15, -0.1) is 0 Å². The SMILES string of the molecule is CCO[Si](C)(C)CCCOCC(C)OC. The molecule has 0 aliphatic rings. The van der Waals surface area contributed by atoms with Crippen LogP contribution in [0.4, 0.5) is 0 Å². The molecule has 15 heavy (non-hydrogen) atoms. The van der Waals surface area contributed by atoms with Gasteiger partial charge in [0.2, 0.25) is 0 Å². The second kappa shape index (κ2) is 8.27. The summed E-state index contributed by atoms with van der Waals surface area (Å²) in [5.74, 6) is 0.